The maximum Gasteiger partial charge on any atom is 0.240 e. The normalized spacial score (nSPS) is 18.0. The standard InChI is InChI=1S/C14H17N3OS/c1-2-12-14(18)17(8-4-3-7-15)11-6-5-10(16)9-13(11)19-12/h5-6,9,12H,2-4,8,16H2,1H3. The lowest BCUT2D eigenvalue weighted by molar-refractivity contribution is -0.118. The van der Waals surface area contributed by atoms with Crippen LogP contribution >= 0.6 is 11.8 Å². The summed E-state index contributed by atoms with van der Waals surface area (Å²) in [4.78, 5) is 15.3. The third-order valence-corrected chi connectivity index (χ3v) is 4.53. The van der Waals surface area contributed by atoms with Gasteiger partial charge in [0.2, 0.25) is 5.91 Å². The lowest BCUT2D eigenvalue weighted by Crippen LogP contribution is -2.41. The lowest BCUT2D eigenvalue weighted by Gasteiger charge is -2.33. The smallest absolute Gasteiger partial charge is 0.240 e. The van der Waals surface area contributed by atoms with Crippen molar-refractivity contribution in [2.24, 2.45) is 0 Å². The molecule has 1 atom stereocenters. The van der Waals surface area contributed by atoms with Crippen LogP contribution in [0.1, 0.15) is 26.2 Å². The Hall–Kier alpha value is -1.67. The highest BCUT2D eigenvalue weighted by molar-refractivity contribution is 8.01. The highest BCUT2D eigenvalue weighted by atomic mass is 32.2. The molecule has 0 radical (unpaired) electrons. The fourth-order valence-corrected chi connectivity index (χ4v) is 3.35. The van der Waals surface area contributed by atoms with Gasteiger partial charge in [-0.2, -0.15) is 5.26 Å². The fourth-order valence-electron chi connectivity index (χ4n) is 2.15. The Balaban J connectivity index is 2.29. The maximum atomic E-state index is 12.4. The van der Waals surface area contributed by atoms with Gasteiger partial charge >= 0.3 is 0 Å². The molecule has 0 saturated carbocycles. The van der Waals surface area contributed by atoms with Gasteiger partial charge in [-0.25, -0.2) is 0 Å². The van der Waals surface area contributed by atoms with Gasteiger partial charge < -0.3 is 10.6 Å². The molecule has 1 amide bonds. The molecular formula is C14H17N3OS. The van der Waals surface area contributed by atoms with E-state index in [1.165, 1.54) is 0 Å². The van der Waals surface area contributed by atoms with Crippen LogP contribution in [0.3, 0.4) is 0 Å². The number of carbonyl (C=O) groups excluding carboxylic acids is 1. The van der Waals surface area contributed by atoms with Crippen LogP contribution in [0.2, 0.25) is 0 Å². The first kappa shape index (κ1) is 13.8. The number of fused-ring (bicyclic) bond motifs is 1. The Morgan fingerprint density at radius 1 is 1.53 bits per heavy atom. The van der Waals surface area contributed by atoms with Crippen LogP contribution < -0.4 is 10.6 Å². The topological polar surface area (TPSA) is 70.1 Å². The van der Waals surface area contributed by atoms with E-state index in [0.29, 0.717) is 25.1 Å². The van der Waals surface area contributed by atoms with E-state index >= 15 is 0 Å². The largest absolute Gasteiger partial charge is 0.399 e. The molecular weight excluding hydrogens is 258 g/mol. The Labute approximate surface area is 117 Å². The van der Waals surface area contributed by atoms with Gasteiger partial charge in [-0.1, -0.05) is 6.92 Å². The number of benzene rings is 1. The molecule has 2 rings (SSSR count). The molecule has 4 nitrogen and oxygen atoms in total. The minimum Gasteiger partial charge on any atom is -0.399 e. The van der Waals surface area contributed by atoms with Gasteiger partial charge in [-0.3, -0.25) is 4.79 Å². The summed E-state index contributed by atoms with van der Waals surface area (Å²) in [5.41, 5.74) is 7.45. The molecule has 100 valence electrons. The molecule has 0 saturated heterocycles. The molecule has 1 aromatic rings. The minimum atomic E-state index is -0.0450. The summed E-state index contributed by atoms with van der Waals surface area (Å²) in [6, 6.07) is 7.75. The number of nitrogens with zero attached hydrogens (tertiary/aromatic N) is 2. The van der Waals surface area contributed by atoms with Crippen molar-refractivity contribution < 1.29 is 4.79 Å². The van der Waals surface area contributed by atoms with Crippen LogP contribution in [-0.4, -0.2) is 17.7 Å². The van der Waals surface area contributed by atoms with E-state index in [9.17, 15) is 4.79 Å². The first-order chi connectivity index (χ1) is 9.17. The molecule has 0 fully saturated rings. The Morgan fingerprint density at radius 2 is 2.32 bits per heavy atom. The molecule has 1 unspecified atom stereocenters. The zero-order valence-corrected chi connectivity index (χ0v) is 11.7. The van der Waals surface area contributed by atoms with E-state index in [1.54, 1.807) is 16.7 Å². The molecule has 0 aromatic heterocycles. The molecule has 2 N–H and O–H groups in total. The summed E-state index contributed by atoms with van der Waals surface area (Å²) in [7, 11) is 0. The number of amides is 1. The van der Waals surface area contributed by atoms with E-state index in [0.717, 1.165) is 17.0 Å². The van der Waals surface area contributed by atoms with Crippen molar-refractivity contribution in [1.82, 2.24) is 0 Å². The lowest BCUT2D eigenvalue weighted by atomic mass is 10.2. The maximum absolute atomic E-state index is 12.4. The summed E-state index contributed by atoms with van der Waals surface area (Å²) < 4.78 is 0. The number of nitrogen functional groups attached to an aromatic ring is 1. The second kappa shape index (κ2) is 5.98. The fraction of sp³-hybridized carbons (Fsp3) is 0.429. The zero-order chi connectivity index (χ0) is 13.8. The van der Waals surface area contributed by atoms with Crippen molar-refractivity contribution in [3.63, 3.8) is 0 Å². The molecule has 19 heavy (non-hydrogen) atoms. The molecule has 1 heterocycles. The third-order valence-electron chi connectivity index (χ3n) is 3.13. The van der Waals surface area contributed by atoms with Crippen molar-refractivity contribution >= 4 is 29.0 Å². The summed E-state index contributed by atoms with van der Waals surface area (Å²) >= 11 is 1.59. The molecule has 1 aromatic carbocycles. The van der Waals surface area contributed by atoms with Crippen LogP contribution in [0, 0.1) is 11.3 Å². The molecule has 0 aliphatic carbocycles. The highest BCUT2D eigenvalue weighted by Crippen LogP contribution is 2.41. The van der Waals surface area contributed by atoms with Crippen LogP contribution in [-0.2, 0) is 4.79 Å². The van der Waals surface area contributed by atoms with E-state index in [1.807, 2.05) is 25.1 Å². The van der Waals surface area contributed by atoms with E-state index in [-0.39, 0.29) is 11.2 Å². The first-order valence-corrected chi connectivity index (χ1v) is 7.29. The van der Waals surface area contributed by atoms with Crippen LogP contribution in [0.5, 0.6) is 0 Å². The summed E-state index contributed by atoms with van der Waals surface area (Å²) in [6.45, 7) is 2.61. The minimum absolute atomic E-state index is 0.0450. The molecule has 0 spiro atoms. The number of anilines is 2. The predicted octanol–water partition coefficient (Wildman–Crippen LogP) is 2.79. The number of nitrogens with two attached hydrogens (primary N) is 1. The third kappa shape index (κ3) is 2.85. The summed E-state index contributed by atoms with van der Waals surface area (Å²) in [6.07, 6.45) is 1.97. The average Bonchev–Trinajstić information content (AvgIpc) is 2.41. The molecule has 5 heteroatoms. The van der Waals surface area contributed by atoms with E-state index in [2.05, 4.69) is 6.07 Å². The van der Waals surface area contributed by atoms with Crippen molar-refractivity contribution in [2.45, 2.75) is 36.3 Å². The van der Waals surface area contributed by atoms with Gasteiger partial charge in [0.1, 0.15) is 0 Å². The van der Waals surface area contributed by atoms with E-state index < -0.39 is 0 Å². The number of hydrogen-bond donors (Lipinski definition) is 1. The van der Waals surface area contributed by atoms with Crippen molar-refractivity contribution in [3.05, 3.63) is 18.2 Å². The monoisotopic (exact) mass is 275 g/mol. The SMILES string of the molecule is CCC1Sc2cc(N)ccc2N(CCCC#N)C1=O. The van der Waals surface area contributed by atoms with Gasteiger partial charge in [-0.05, 0) is 31.0 Å². The van der Waals surface area contributed by atoms with Crippen LogP contribution in [0.15, 0.2) is 23.1 Å². The first-order valence-electron chi connectivity index (χ1n) is 6.42. The average molecular weight is 275 g/mol. The number of rotatable bonds is 4. The quantitative estimate of drug-likeness (QED) is 0.677. The predicted molar refractivity (Wildman–Crippen MR) is 78.0 cm³/mol. The number of unbranched alkanes of at least 4 members (excludes halogenated alkanes) is 1. The van der Waals surface area contributed by atoms with E-state index in [4.69, 9.17) is 11.0 Å². The number of nitriles is 1. The van der Waals surface area contributed by atoms with Gasteiger partial charge in [-0.15, -0.1) is 11.8 Å². The summed E-state index contributed by atoms with van der Waals surface area (Å²) in [5.74, 6) is 0.141. The van der Waals surface area contributed by atoms with Crippen LogP contribution in [0.25, 0.3) is 0 Å². The van der Waals surface area contributed by atoms with Crippen LogP contribution in [0.4, 0.5) is 11.4 Å². The Kier molecular flexibility index (Phi) is 4.33. The second-order valence-corrected chi connectivity index (χ2v) is 5.74. The number of thioether (sulfide) groups is 1. The van der Waals surface area contributed by atoms with Gasteiger partial charge in [0.05, 0.1) is 17.0 Å². The van der Waals surface area contributed by atoms with Gasteiger partial charge in [0, 0.05) is 23.5 Å². The number of carbonyl (C=O) groups is 1. The highest BCUT2D eigenvalue weighted by Gasteiger charge is 2.32. The zero-order valence-electron chi connectivity index (χ0n) is 10.9. The van der Waals surface area contributed by atoms with Crippen molar-refractivity contribution in [1.29, 1.82) is 5.26 Å². The van der Waals surface area contributed by atoms with Gasteiger partial charge in [0.25, 0.3) is 0 Å². The number of hydrogen-bond acceptors (Lipinski definition) is 4. The molecule has 1 aliphatic heterocycles. The second-order valence-electron chi connectivity index (χ2n) is 4.49. The molecule has 0 bridgehead atoms. The Bertz CT molecular complexity index is 524. The Morgan fingerprint density at radius 3 is 3.00 bits per heavy atom. The molecule has 1 aliphatic rings. The van der Waals surface area contributed by atoms with Crippen molar-refractivity contribution in [2.75, 3.05) is 17.2 Å². The summed E-state index contributed by atoms with van der Waals surface area (Å²) in [5, 5.41) is 8.57. The van der Waals surface area contributed by atoms with Gasteiger partial charge in [0.15, 0.2) is 0 Å². The van der Waals surface area contributed by atoms with Crippen molar-refractivity contribution in [3.8, 4) is 6.07 Å².